The fourth-order valence-electron chi connectivity index (χ4n) is 4.41. The fraction of sp³-hybridized carbons (Fsp3) is 0.423. The van der Waals surface area contributed by atoms with E-state index in [9.17, 15) is 14.4 Å². The Labute approximate surface area is 199 Å². The summed E-state index contributed by atoms with van der Waals surface area (Å²) < 4.78 is 10.7. The number of likely N-dealkylation sites (tertiary alicyclic amines) is 1. The molecule has 34 heavy (non-hydrogen) atoms. The Morgan fingerprint density at radius 1 is 1.03 bits per heavy atom. The van der Waals surface area contributed by atoms with Crippen LogP contribution in [0, 0.1) is 12.8 Å². The molecular weight excluding hydrogens is 434 g/mol. The lowest BCUT2D eigenvalue weighted by Gasteiger charge is -2.36. The highest BCUT2D eigenvalue weighted by Crippen LogP contribution is 2.32. The maximum atomic E-state index is 13.0. The van der Waals surface area contributed by atoms with Gasteiger partial charge in [0.05, 0.1) is 0 Å². The molecule has 2 aromatic carbocycles. The largest absolute Gasteiger partial charge is 0.454 e. The van der Waals surface area contributed by atoms with E-state index < -0.39 is 6.04 Å². The molecule has 0 bridgehead atoms. The number of hydrogen-bond acceptors (Lipinski definition) is 5. The van der Waals surface area contributed by atoms with Crippen molar-refractivity contribution >= 4 is 17.7 Å². The number of fused-ring (bicyclic) bond motifs is 1. The fourth-order valence-corrected chi connectivity index (χ4v) is 4.41. The molecule has 8 nitrogen and oxygen atoms in total. The molecule has 3 amide bonds. The van der Waals surface area contributed by atoms with Gasteiger partial charge in [-0.1, -0.05) is 24.6 Å². The van der Waals surface area contributed by atoms with Crippen molar-refractivity contribution < 1.29 is 23.9 Å². The molecule has 0 aromatic heterocycles. The van der Waals surface area contributed by atoms with E-state index in [0.717, 1.165) is 12.0 Å². The van der Waals surface area contributed by atoms with Crippen LogP contribution < -0.4 is 20.1 Å². The van der Waals surface area contributed by atoms with Crippen LogP contribution in [-0.2, 0) is 4.79 Å². The summed E-state index contributed by atoms with van der Waals surface area (Å²) in [6.45, 7) is 5.69. The molecule has 0 spiro atoms. The van der Waals surface area contributed by atoms with Crippen LogP contribution in [-0.4, -0.2) is 55.1 Å². The van der Waals surface area contributed by atoms with Gasteiger partial charge >= 0.3 is 0 Å². The second-order valence-electron chi connectivity index (χ2n) is 8.81. The number of hydrogen-bond donors (Lipinski definition) is 2. The van der Waals surface area contributed by atoms with E-state index in [2.05, 4.69) is 10.6 Å². The molecule has 1 fully saturated rings. The Hall–Kier alpha value is -3.55. The standard InChI is InChI=1S/C26H31N3O5/c1-3-11-27-25(31)23(28-24(30)19-7-8-21-22(15-19)34-16-33-21)18-9-12-29(13-10-18)26(32)20-6-4-5-17(2)14-20/h4-8,14-15,18,23H,3,9-13,16H2,1-2H3,(H,27,31)(H,28,30)/t23-/m0/s1. The van der Waals surface area contributed by atoms with E-state index in [1.54, 1.807) is 18.2 Å². The molecule has 1 atom stereocenters. The van der Waals surface area contributed by atoms with Crippen molar-refractivity contribution in [2.24, 2.45) is 5.92 Å². The first-order chi connectivity index (χ1) is 16.5. The predicted octanol–water partition coefficient (Wildman–Crippen LogP) is 2.90. The van der Waals surface area contributed by atoms with Crippen LogP contribution in [0.5, 0.6) is 11.5 Å². The highest BCUT2D eigenvalue weighted by atomic mass is 16.7. The number of rotatable bonds is 7. The molecule has 8 heteroatoms. The number of aryl methyl sites for hydroxylation is 1. The van der Waals surface area contributed by atoms with Crippen LogP contribution in [0.4, 0.5) is 0 Å². The van der Waals surface area contributed by atoms with Crippen molar-refractivity contribution in [2.45, 2.75) is 39.2 Å². The number of piperidine rings is 1. The Morgan fingerprint density at radius 2 is 1.79 bits per heavy atom. The minimum atomic E-state index is -0.680. The third-order valence-electron chi connectivity index (χ3n) is 6.32. The average molecular weight is 466 g/mol. The molecule has 4 rings (SSSR count). The molecule has 2 N–H and O–H groups in total. The number of carbonyl (C=O) groups excluding carboxylic acids is 3. The van der Waals surface area contributed by atoms with Crippen molar-refractivity contribution in [3.05, 3.63) is 59.2 Å². The molecule has 2 aliphatic rings. The zero-order valence-corrected chi connectivity index (χ0v) is 19.6. The summed E-state index contributed by atoms with van der Waals surface area (Å²) >= 11 is 0. The Morgan fingerprint density at radius 3 is 2.53 bits per heavy atom. The molecular formula is C26H31N3O5. The summed E-state index contributed by atoms with van der Waals surface area (Å²) in [6.07, 6.45) is 2.06. The third kappa shape index (κ3) is 5.32. The van der Waals surface area contributed by atoms with Gasteiger partial charge in [-0.2, -0.15) is 0 Å². The van der Waals surface area contributed by atoms with Gasteiger partial charge in [0.2, 0.25) is 12.7 Å². The Kier molecular flexibility index (Phi) is 7.35. The maximum absolute atomic E-state index is 13.0. The first-order valence-electron chi connectivity index (χ1n) is 11.8. The van der Waals surface area contributed by atoms with E-state index in [-0.39, 0.29) is 30.4 Å². The third-order valence-corrected chi connectivity index (χ3v) is 6.32. The molecule has 0 unspecified atom stereocenters. The topological polar surface area (TPSA) is 97.0 Å². The summed E-state index contributed by atoms with van der Waals surface area (Å²) in [6, 6.07) is 11.9. The summed E-state index contributed by atoms with van der Waals surface area (Å²) in [4.78, 5) is 40.7. The summed E-state index contributed by atoms with van der Waals surface area (Å²) in [7, 11) is 0. The van der Waals surface area contributed by atoms with E-state index >= 15 is 0 Å². The van der Waals surface area contributed by atoms with Gasteiger partial charge in [0, 0.05) is 30.8 Å². The number of ether oxygens (including phenoxy) is 2. The van der Waals surface area contributed by atoms with Crippen LogP contribution in [0.2, 0.25) is 0 Å². The van der Waals surface area contributed by atoms with E-state index in [0.29, 0.717) is 55.1 Å². The van der Waals surface area contributed by atoms with Crippen LogP contribution in [0.3, 0.4) is 0 Å². The molecule has 0 saturated carbocycles. The van der Waals surface area contributed by atoms with Crippen molar-refractivity contribution in [2.75, 3.05) is 26.4 Å². The summed E-state index contributed by atoms with van der Waals surface area (Å²) in [5.41, 5.74) is 2.12. The second-order valence-corrected chi connectivity index (χ2v) is 8.81. The Bertz CT molecular complexity index is 1060. The lowest BCUT2D eigenvalue weighted by Crippen LogP contribution is -2.54. The number of benzene rings is 2. The number of carbonyl (C=O) groups is 3. The molecule has 1 saturated heterocycles. The van der Waals surface area contributed by atoms with E-state index in [4.69, 9.17) is 9.47 Å². The monoisotopic (exact) mass is 465 g/mol. The first kappa shape index (κ1) is 23.6. The van der Waals surface area contributed by atoms with Gasteiger partial charge in [-0.3, -0.25) is 14.4 Å². The summed E-state index contributed by atoms with van der Waals surface area (Å²) in [5.74, 6) is 0.504. The second kappa shape index (κ2) is 10.6. The van der Waals surface area contributed by atoms with Crippen molar-refractivity contribution in [3.63, 3.8) is 0 Å². The minimum absolute atomic E-state index is 0.00136. The van der Waals surface area contributed by atoms with Crippen molar-refractivity contribution in [3.8, 4) is 11.5 Å². The highest BCUT2D eigenvalue weighted by molar-refractivity contribution is 5.98. The SMILES string of the molecule is CCCNC(=O)[C@@H](NC(=O)c1ccc2c(c1)OCO2)C1CCN(C(=O)c2cccc(C)c2)CC1. The average Bonchev–Trinajstić information content (AvgIpc) is 3.33. The molecule has 2 heterocycles. The van der Waals surface area contributed by atoms with Crippen molar-refractivity contribution in [1.29, 1.82) is 0 Å². The predicted molar refractivity (Wildman–Crippen MR) is 127 cm³/mol. The van der Waals surface area contributed by atoms with Crippen LogP contribution in [0.25, 0.3) is 0 Å². The molecule has 180 valence electrons. The van der Waals surface area contributed by atoms with Gasteiger partial charge in [-0.15, -0.1) is 0 Å². The minimum Gasteiger partial charge on any atom is -0.454 e. The van der Waals surface area contributed by atoms with Gasteiger partial charge in [0.25, 0.3) is 11.8 Å². The molecule has 2 aromatic rings. The van der Waals surface area contributed by atoms with Crippen LogP contribution >= 0.6 is 0 Å². The highest BCUT2D eigenvalue weighted by Gasteiger charge is 2.34. The van der Waals surface area contributed by atoms with E-state index in [1.165, 1.54) is 0 Å². The molecule has 0 aliphatic carbocycles. The zero-order valence-electron chi connectivity index (χ0n) is 19.6. The normalized spacial score (nSPS) is 16.1. The smallest absolute Gasteiger partial charge is 0.253 e. The van der Waals surface area contributed by atoms with E-state index in [1.807, 2.05) is 43.0 Å². The maximum Gasteiger partial charge on any atom is 0.253 e. The Balaban J connectivity index is 1.43. The number of nitrogens with zero attached hydrogens (tertiary/aromatic N) is 1. The first-order valence-corrected chi connectivity index (χ1v) is 11.8. The van der Waals surface area contributed by atoms with Gasteiger partial charge < -0.3 is 25.0 Å². The lowest BCUT2D eigenvalue weighted by molar-refractivity contribution is -0.124. The van der Waals surface area contributed by atoms with Crippen LogP contribution in [0.1, 0.15) is 52.5 Å². The number of nitrogens with one attached hydrogen (secondary N) is 2. The van der Waals surface area contributed by atoms with Gasteiger partial charge in [0.15, 0.2) is 11.5 Å². The van der Waals surface area contributed by atoms with Crippen LogP contribution in [0.15, 0.2) is 42.5 Å². The quantitative estimate of drug-likeness (QED) is 0.656. The summed E-state index contributed by atoms with van der Waals surface area (Å²) in [5, 5.41) is 5.85. The van der Waals surface area contributed by atoms with Crippen molar-refractivity contribution in [1.82, 2.24) is 15.5 Å². The van der Waals surface area contributed by atoms with Gasteiger partial charge in [-0.05, 0) is 62.4 Å². The molecule has 2 aliphatic heterocycles. The van der Waals surface area contributed by atoms with Gasteiger partial charge in [-0.25, -0.2) is 0 Å². The lowest BCUT2D eigenvalue weighted by atomic mass is 9.88. The number of amides is 3. The van der Waals surface area contributed by atoms with Gasteiger partial charge in [0.1, 0.15) is 6.04 Å². The zero-order chi connectivity index (χ0) is 24.1. The molecule has 0 radical (unpaired) electrons.